The van der Waals surface area contributed by atoms with Crippen molar-refractivity contribution < 1.29 is 0 Å². The van der Waals surface area contributed by atoms with Gasteiger partial charge in [-0.2, -0.15) is 0 Å². The summed E-state index contributed by atoms with van der Waals surface area (Å²) in [6.07, 6.45) is 5.73. The minimum Gasteiger partial charge on any atom is -0.316 e. The Balaban J connectivity index is 1.80. The molecule has 2 heteroatoms. The minimum absolute atomic E-state index is 0.692. The molecule has 0 aromatic carbocycles. The van der Waals surface area contributed by atoms with Crippen molar-refractivity contribution in [1.82, 2.24) is 10.3 Å². The third-order valence-corrected chi connectivity index (χ3v) is 3.81. The molecule has 0 saturated heterocycles. The van der Waals surface area contributed by atoms with Crippen molar-refractivity contribution in [2.45, 2.75) is 46.0 Å². The fraction of sp³-hybridized carbons (Fsp3) is 0.688. The largest absolute Gasteiger partial charge is 0.316 e. The second-order valence-corrected chi connectivity index (χ2v) is 6.18. The molecule has 1 aromatic rings. The van der Waals surface area contributed by atoms with Crippen molar-refractivity contribution in [2.24, 2.45) is 11.8 Å². The summed E-state index contributed by atoms with van der Waals surface area (Å²) < 4.78 is 0. The first kappa shape index (κ1) is 13.5. The number of rotatable bonds is 6. The zero-order valence-corrected chi connectivity index (χ0v) is 11.9. The fourth-order valence-electron chi connectivity index (χ4n) is 2.91. The molecule has 0 saturated carbocycles. The van der Waals surface area contributed by atoms with E-state index < -0.39 is 0 Å². The van der Waals surface area contributed by atoms with E-state index in [2.05, 4.69) is 43.2 Å². The molecule has 100 valence electrons. The van der Waals surface area contributed by atoms with Gasteiger partial charge < -0.3 is 5.32 Å². The summed E-state index contributed by atoms with van der Waals surface area (Å²) in [5.41, 5.74) is 2.85. The van der Waals surface area contributed by atoms with Gasteiger partial charge in [0.1, 0.15) is 0 Å². The van der Waals surface area contributed by atoms with E-state index in [1.54, 1.807) is 0 Å². The zero-order valence-electron chi connectivity index (χ0n) is 11.9. The molecule has 0 radical (unpaired) electrons. The van der Waals surface area contributed by atoms with Crippen LogP contribution in [0.15, 0.2) is 18.3 Å². The normalized spacial score (nSPS) is 20.1. The molecule has 1 aromatic heterocycles. The Morgan fingerprint density at radius 1 is 1.33 bits per heavy atom. The van der Waals surface area contributed by atoms with Crippen LogP contribution in [0.2, 0.25) is 0 Å². The van der Waals surface area contributed by atoms with Crippen LogP contribution in [0.5, 0.6) is 0 Å². The first-order valence-electron chi connectivity index (χ1n) is 7.31. The summed E-state index contributed by atoms with van der Waals surface area (Å²) in [6, 6.07) is 4.30. The lowest BCUT2D eigenvalue weighted by atomic mass is 9.93. The third kappa shape index (κ3) is 3.55. The summed E-state index contributed by atoms with van der Waals surface area (Å²) in [5.74, 6) is 2.17. The second kappa shape index (κ2) is 6.33. The maximum atomic E-state index is 4.58. The molecule has 1 heterocycles. The minimum atomic E-state index is 0.692. The predicted molar refractivity (Wildman–Crippen MR) is 76.8 cm³/mol. The van der Waals surface area contributed by atoms with Gasteiger partial charge in [0.15, 0.2) is 0 Å². The quantitative estimate of drug-likeness (QED) is 0.832. The van der Waals surface area contributed by atoms with Crippen LogP contribution in [0, 0.1) is 11.8 Å². The van der Waals surface area contributed by atoms with Crippen LogP contribution in [0.25, 0.3) is 0 Å². The molecule has 2 rings (SSSR count). The van der Waals surface area contributed by atoms with Gasteiger partial charge in [0, 0.05) is 17.8 Å². The summed E-state index contributed by atoms with van der Waals surface area (Å²) in [6.45, 7) is 9.14. The van der Waals surface area contributed by atoms with Gasteiger partial charge in [-0.15, -0.1) is 0 Å². The van der Waals surface area contributed by atoms with Gasteiger partial charge in [0.25, 0.3) is 0 Å². The van der Waals surface area contributed by atoms with Gasteiger partial charge in [-0.3, -0.25) is 4.98 Å². The number of aromatic nitrogens is 1. The number of fused-ring (bicyclic) bond motifs is 1. The monoisotopic (exact) mass is 246 g/mol. The zero-order chi connectivity index (χ0) is 13.0. The van der Waals surface area contributed by atoms with Gasteiger partial charge in [-0.1, -0.05) is 26.8 Å². The van der Waals surface area contributed by atoms with Gasteiger partial charge in [0.2, 0.25) is 0 Å². The Hall–Kier alpha value is -0.890. The summed E-state index contributed by atoms with van der Waals surface area (Å²) >= 11 is 0. The van der Waals surface area contributed by atoms with E-state index in [0.29, 0.717) is 5.92 Å². The SMILES string of the molecule is CC(C)CNCC(C)CC1CCc2cccnc21. The van der Waals surface area contributed by atoms with Crippen molar-refractivity contribution in [3.8, 4) is 0 Å². The van der Waals surface area contributed by atoms with Crippen molar-refractivity contribution in [2.75, 3.05) is 13.1 Å². The van der Waals surface area contributed by atoms with Crippen LogP contribution in [0.3, 0.4) is 0 Å². The highest BCUT2D eigenvalue weighted by Gasteiger charge is 2.24. The molecule has 1 aliphatic rings. The van der Waals surface area contributed by atoms with E-state index in [-0.39, 0.29) is 0 Å². The van der Waals surface area contributed by atoms with Gasteiger partial charge in [-0.05, 0) is 55.8 Å². The first-order chi connectivity index (χ1) is 8.66. The molecule has 1 N–H and O–H groups in total. The predicted octanol–water partition coefficient (Wildman–Crippen LogP) is 3.38. The van der Waals surface area contributed by atoms with E-state index in [9.17, 15) is 0 Å². The lowest BCUT2D eigenvalue weighted by Crippen LogP contribution is -2.26. The lowest BCUT2D eigenvalue weighted by molar-refractivity contribution is 0.416. The second-order valence-electron chi connectivity index (χ2n) is 6.18. The molecule has 2 unspecified atom stereocenters. The van der Waals surface area contributed by atoms with Crippen molar-refractivity contribution in [1.29, 1.82) is 0 Å². The number of nitrogens with zero attached hydrogens (tertiary/aromatic N) is 1. The van der Waals surface area contributed by atoms with Crippen LogP contribution >= 0.6 is 0 Å². The number of pyridine rings is 1. The van der Waals surface area contributed by atoms with E-state index in [1.807, 2.05) is 6.20 Å². The summed E-state index contributed by atoms with van der Waals surface area (Å²) in [5, 5.41) is 3.56. The van der Waals surface area contributed by atoms with E-state index in [0.717, 1.165) is 24.9 Å². The number of hydrogen-bond acceptors (Lipinski definition) is 2. The highest BCUT2D eigenvalue weighted by atomic mass is 14.9. The number of aryl methyl sites for hydroxylation is 1. The Bertz CT molecular complexity index is 373. The Kier molecular flexibility index (Phi) is 4.76. The topological polar surface area (TPSA) is 24.9 Å². The summed E-state index contributed by atoms with van der Waals surface area (Å²) in [4.78, 5) is 4.58. The molecule has 0 amide bonds. The average molecular weight is 246 g/mol. The van der Waals surface area contributed by atoms with Crippen LogP contribution in [-0.2, 0) is 6.42 Å². The van der Waals surface area contributed by atoms with Crippen molar-refractivity contribution in [3.05, 3.63) is 29.6 Å². The molecular formula is C16H26N2. The number of hydrogen-bond donors (Lipinski definition) is 1. The van der Waals surface area contributed by atoms with Crippen molar-refractivity contribution >= 4 is 0 Å². The highest BCUT2D eigenvalue weighted by molar-refractivity contribution is 5.28. The van der Waals surface area contributed by atoms with Crippen LogP contribution in [-0.4, -0.2) is 18.1 Å². The Labute approximate surface area is 111 Å². The first-order valence-corrected chi connectivity index (χ1v) is 7.31. The molecule has 2 nitrogen and oxygen atoms in total. The third-order valence-electron chi connectivity index (χ3n) is 3.81. The van der Waals surface area contributed by atoms with E-state index in [4.69, 9.17) is 0 Å². The van der Waals surface area contributed by atoms with E-state index in [1.165, 1.54) is 30.5 Å². The van der Waals surface area contributed by atoms with Gasteiger partial charge in [-0.25, -0.2) is 0 Å². The molecule has 0 spiro atoms. The lowest BCUT2D eigenvalue weighted by Gasteiger charge is -2.18. The maximum Gasteiger partial charge on any atom is 0.0466 e. The number of nitrogens with one attached hydrogen (secondary N) is 1. The van der Waals surface area contributed by atoms with Crippen molar-refractivity contribution in [3.63, 3.8) is 0 Å². The summed E-state index contributed by atoms with van der Waals surface area (Å²) in [7, 11) is 0. The van der Waals surface area contributed by atoms with E-state index >= 15 is 0 Å². The smallest absolute Gasteiger partial charge is 0.0466 e. The van der Waals surface area contributed by atoms with Crippen LogP contribution < -0.4 is 5.32 Å². The Morgan fingerprint density at radius 2 is 2.17 bits per heavy atom. The fourth-order valence-corrected chi connectivity index (χ4v) is 2.91. The standard InChI is InChI=1S/C16H26N2/c1-12(2)10-17-11-13(3)9-15-7-6-14-5-4-8-18-16(14)15/h4-5,8,12-13,15,17H,6-7,9-11H2,1-3H3. The van der Waals surface area contributed by atoms with Crippen LogP contribution in [0.1, 0.15) is 50.8 Å². The molecule has 2 atom stereocenters. The van der Waals surface area contributed by atoms with Gasteiger partial charge in [0.05, 0.1) is 0 Å². The van der Waals surface area contributed by atoms with Gasteiger partial charge >= 0.3 is 0 Å². The molecule has 0 bridgehead atoms. The van der Waals surface area contributed by atoms with Crippen LogP contribution in [0.4, 0.5) is 0 Å². The molecular weight excluding hydrogens is 220 g/mol. The maximum absolute atomic E-state index is 4.58. The Morgan fingerprint density at radius 3 is 2.94 bits per heavy atom. The molecule has 1 aliphatic carbocycles. The highest BCUT2D eigenvalue weighted by Crippen LogP contribution is 2.35. The average Bonchev–Trinajstić information content (AvgIpc) is 2.72. The molecule has 0 aliphatic heterocycles. The molecule has 18 heavy (non-hydrogen) atoms. The molecule has 0 fully saturated rings.